The predicted octanol–water partition coefficient (Wildman–Crippen LogP) is 3.17. The van der Waals surface area contributed by atoms with Gasteiger partial charge in [0.1, 0.15) is 18.2 Å². The van der Waals surface area contributed by atoms with Crippen LogP contribution in [0, 0.1) is 12.7 Å². The minimum atomic E-state index is -0.238. The van der Waals surface area contributed by atoms with Crippen LogP contribution < -0.4 is 4.74 Å². The lowest BCUT2D eigenvalue weighted by Crippen LogP contribution is -1.95. The number of ether oxygens (including phenoxy) is 1. The maximum atomic E-state index is 12.8. The Kier molecular flexibility index (Phi) is 2.97. The number of hydrogen-bond donors (Lipinski definition) is 0. The van der Waals surface area contributed by atoms with Gasteiger partial charge in [0.15, 0.2) is 0 Å². The third-order valence-electron chi connectivity index (χ3n) is 1.99. The largest absolute Gasteiger partial charge is 0.488 e. The SMILES string of the molecule is Cc1cc(F)ccc1OCc1cncs1. The lowest BCUT2D eigenvalue weighted by atomic mass is 10.2. The Morgan fingerprint density at radius 2 is 2.33 bits per heavy atom. The third kappa shape index (κ3) is 2.53. The Morgan fingerprint density at radius 3 is 3.00 bits per heavy atom. The van der Waals surface area contributed by atoms with Crippen LogP contribution >= 0.6 is 11.3 Å². The molecule has 15 heavy (non-hydrogen) atoms. The van der Waals surface area contributed by atoms with E-state index in [4.69, 9.17) is 4.74 Å². The average Bonchev–Trinajstić information content (AvgIpc) is 2.69. The lowest BCUT2D eigenvalue weighted by molar-refractivity contribution is 0.307. The highest BCUT2D eigenvalue weighted by Gasteiger charge is 2.02. The molecule has 1 aromatic carbocycles. The van der Waals surface area contributed by atoms with Gasteiger partial charge >= 0.3 is 0 Å². The maximum Gasteiger partial charge on any atom is 0.124 e. The third-order valence-corrected chi connectivity index (χ3v) is 2.74. The zero-order chi connectivity index (χ0) is 10.7. The molecule has 0 aliphatic heterocycles. The molecule has 0 bridgehead atoms. The zero-order valence-corrected chi connectivity index (χ0v) is 9.05. The first-order chi connectivity index (χ1) is 7.25. The molecule has 0 N–H and O–H groups in total. The Labute approximate surface area is 91.4 Å². The van der Waals surface area contributed by atoms with Gasteiger partial charge in [-0.3, -0.25) is 4.98 Å². The number of aryl methyl sites for hydroxylation is 1. The van der Waals surface area contributed by atoms with Crippen molar-refractivity contribution in [1.82, 2.24) is 4.98 Å². The summed E-state index contributed by atoms with van der Waals surface area (Å²) in [6, 6.07) is 4.50. The van der Waals surface area contributed by atoms with Crippen molar-refractivity contribution in [3.63, 3.8) is 0 Å². The number of nitrogens with zero attached hydrogens (tertiary/aromatic N) is 1. The van der Waals surface area contributed by atoms with Gasteiger partial charge in [-0.1, -0.05) is 0 Å². The van der Waals surface area contributed by atoms with Crippen LogP contribution in [0.15, 0.2) is 29.9 Å². The van der Waals surface area contributed by atoms with Gasteiger partial charge in [-0.15, -0.1) is 11.3 Å². The van der Waals surface area contributed by atoms with Crippen LogP contribution in [0.2, 0.25) is 0 Å². The molecule has 1 aromatic heterocycles. The molecule has 2 nitrogen and oxygen atoms in total. The molecule has 0 amide bonds. The van der Waals surface area contributed by atoms with E-state index in [2.05, 4.69) is 4.98 Å². The first-order valence-corrected chi connectivity index (χ1v) is 5.40. The fourth-order valence-corrected chi connectivity index (χ4v) is 1.74. The van der Waals surface area contributed by atoms with Crippen LogP contribution in [0.25, 0.3) is 0 Å². The van der Waals surface area contributed by atoms with E-state index in [9.17, 15) is 4.39 Å². The van der Waals surface area contributed by atoms with Crippen molar-refractivity contribution in [2.45, 2.75) is 13.5 Å². The first kappa shape index (κ1) is 10.1. The topological polar surface area (TPSA) is 22.1 Å². The number of rotatable bonds is 3. The van der Waals surface area contributed by atoms with Crippen LogP contribution in [0.4, 0.5) is 4.39 Å². The minimum absolute atomic E-state index is 0.238. The summed E-state index contributed by atoms with van der Waals surface area (Å²) in [5.74, 6) is 0.474. The summed E-state index contributed by atoms with van der Waals surface area (Å²) >= 11 is 1.54. The molecule has 1 heterocycles. The molecule has 4 heteroatoms. The van der Waals surface area contributed by atoms with E-state index < -0.39 is 0 Å². The molecule has 0 aliphatic rings. The molecule has 78 valence electrons. The average molecular weight is 223 g/mol. The molecule has 0 saturated heterocycles. The highest BCUT2D eigenvalue weighted by molar-refractivity contribution is 7.09. The summed E-state index contributed by atoms with van der Waals surface area (Å²) in [6.07, 6.45) is 1.77. The van der Waals surface area contributed by atoms with Gasteiger partial charge < -0.3 is 4.74 Å². The first-order valence-electron chi connectivity index (χ1n) is 4.52. The van der Waals surface area contributed by atoms with Gasteiger partial charge in [0, 0.05) is 6.20 Å². The molecule has 0 spiro atoms. The predicted molar refractivity (Wildman–Crippen MR) is 57.6 cm³/mol. The monoisotopic (exact) mass is 223 g/mol. The van der Waals surface area contributed by atoms with Gasteiger partial charge in [0.2, 0.25) is 0 Å². The number of aromatic nitrogens is 1. The van der Waals surface area contributed by atoms with Gasteiger partial charge in [0.25, 0.3) is 0 Å². The maximum absolute atomic E-state index is 12.8. The number of halogens is 1. The zero-order valence-electron chi connectivity index (χ0n) is 8.24. The van der Waals surface area contributed by atoms with E-state index in [0.29, 0.717) is 12.4 Å². The van der Waals surface area contributed by atoms with Gasteiger partial charge in [-0.05, 0) is 30.7 Å². The number of benzene rings is 1. The Morgan fingerprint density at radius 1 is 1.47 bits per heavy atom. The Hall–Kier alpha value is -1.42. The quantitative estimate of drug-likeness (QED) is 0.797. The van der Waals surface area contributed by atoms with Crippen LogP contribution in [0.3, 0.4) is 0 Å². The van der Waals surface area contributed by atoms with Crippen molar-refractivity contribution in [2.75, 3.05) is 0 Å². The normalized spacial score (nSPS) is 10.3. The summed E-state index contributed by atoms with van der Waals surface area (Å²) in [5.41, 5.74) is 2.57. The van der Waals surface area contributed by atoms with Gasteiger partial charge in [-0.25, -0.2) is 4.39 Å². The summed E-state index contributed by atoms with van der Waals surface area (Å²) in [7, 11) is 0. The summed E-state index contributed by atoms with van der Waals surface area (Å²) in [5, 5.41) is 0. The molecule has 0 fully saturated rings. The van der Waals surface area contributed by atoms with E-state index in [1.165, 1.54) is 12.1 Å². The smallest absolute Gasteiger partial charge is 0.124 e. The standard InChI is InChI=1S/C11H10FNOS/c1-8-4-9(12)2-3-11(8)14-6-10-5-13-7-15-10/h2-5,7H,6H2,1H3. The van der Waals surface area contributed by atoms with Crippen LogP contribution in [0.5, 0.6) is 5.75 Å². The van der Waals surface area contributed by atoms with Crippen molar-refractivity contribution >= 4 is 11.3 Å². The summed E-state index contributed by atoms with van der Waals surface area (Å²) < 4.78 is 18.3. The molecule has 0 aliphatic carbocycles. The highest BCUT2D eigenvalue weighted by atomic mass is 32.1. The van der Waals surface area contributed by atoms with Crippen molar-refractivity contribution < 1.29 is 9.13 Å². The van der Waals surface area contributed by atoms with Crippen molar-refractivity contribution in [2.24, 2.45) is 0 Å². The Balaban J connectivity index is 2.05. The van der Waals surface area contributed by atoms with E-state index in [0.717, 1.165) is 10.4 Å². The molecule has 0 radical (unpaired) electrons. The van der Waals surface area contributed by atoms with E-state index >= 15 is 0 Å². The number of thiazole rings is 1. The molecule has 0 atom stereocenters. The van der Waals surface area contributed by atoms with Crippen molar-refractivity contribution in [1.29, 1.82) is 0 Å². The number of hydrogen-bond acceptors (Lipinski definition) is 3. The van der Waals surface area contributed by atoms with Gasteiger partial charge in [0.05, 0.1) is 10.4 Å². The summed E-state index contributed by atoms with van der Waals surface area (Å²) in [6.45, 7) is 2.31. The van der Waals surface area contributed by atoms with Gasteiger partial charge in [-0.2, -0.15) is 0 Å². The second kappa shape index (κ2) is 4.40. The highest BCUT2D eigenvalue weighted by Crippen LogP contribution is 2.20. The summed E-state index contributed by atoms with van der Waals surface area (Å²) in [4.78, 5) is 5.00. The molecule has 2 rings (SSSR count). The molecular weight excluding hydrogens is 213 g/mol. The minimum Gasteiger partial charge on any atom is -0.488 e. The van der Waals surface area contributed by atoms with Crippen molar-refractivity contribution in [3.05, 3.63) is 46.2 Å². The van der Waals surface area contributed by atoms with Crippen LogP contribution in [-0.4, -0.2) is 4.98 Å². The molecular formula is C11H10FNOS. The molecule has 0 unspecified atom stereocenters. The van der Waals surface area contributed by atoms with Crippen LogP contribution in [-0.2, 0) is 6.61 Å². The lowest BCUT2D eigenvalue weighted by Gasteiger charge is -2.07. The van der Waals surface area contributed by atoms with E-state index in [1.54, 1.807) is 29.1 Å². The van der Waals surface area contributed by atoms with Crippen LogP contribution in [0.1, 0.15) is 10.4 Å². The molecule has 2 aromatic rings. The van der Waals surface area contributed by atoms with Crippen molar-refractivity contribution in [3.8, 4) is 5.75 Å². The molecule has 0 saturated carbocycles. The second-order valence-corrected chi connectivity index (χ2v) is 4.14. The fraction of sp³-hybridized carbons (Fsp3) is 0.182. The second-order valence-electron chi connectivity index (χ2n) is 3.17. The van der Waals surface area contributed by atoms with E-state index in [1.807, 2.05) is 6.92 Å². The van der Waals surface area contributed by atoms with E-state index in [-0.39, 0.29) is 5.82 Å². The fourth-order valence-electron chi connectivity index (χ4n) is 1.24. The Bertz CT molecular complexity index is 442.